The Hall–Kier alpha value is -1.55. The number of aromatic nitrogens is 2. The molecule has 0 radical (unpaired) electrons. The van der Waals surface area contributed by atoms with Gasteiger partial charge in [0, 0.05) is 25.0 Å². The molecular formula is C14H21N3O. The summed E-state index contributed by atoms with van der Waals surface area (Å²) in [5, 5.41) is 3.34. The summed E-state index contributed by atoms with van der Waals surface area (Å²) >= 11 is 0. The number of nitrogens with one attached hydrogen (secondary N) is 1. The molecule has 2 heterocycles. The summed E-state index contributed by atoms with van der Waals surface area (Å²) < 4.78 is 7.92. The topological polar surface area (TPSA) is 43.0 Å². The van der Waals surface area contributed by atoms with Crippen molar-refractivity contribution in [2.75, 3.05) is 0 Å². The van der Waals surface area contributed by atoms with Gasteiger partial charge in [0.1, 0.15) is 17.3 Å². The Morgan fingerprint density at radius 1 is 1.33 bits per heavy atom. The van der Waals surface area contributed by atoms with Gasteiger partial charge < -0.3 is 14.3 Å². The van der Waals surface area contributed by atoms with Gasteiger partial charge in [-0.1, -0.05) is 13.8 Å². The van der Waals surface area contributed by atoms with Gasteiger partial charge >= 0.3 is 0 Å². The van der Waals surface area contributed by atoms with Crippen molar-refractivity contribution in [3.05, 3.63) is 41.9 Å². The van der Waals surface area contributed by atoms with Crippen LogP contribution < -0.4 is 5.32 Å². The lowest BCUT2D eigenvalue weighted by atomic mass is 10.3. The lowest BCUT2D eigenvalue weighted by molar-refractivity contribution is 0.437. The number of hydrogen-bond donors (Lipinski definition) is 1. The summed E-state index contributed by atoms with van der Waals surface area (Å²) in [6.45, 7) is 8.09. The molecule has 0 spiro atoms. The number of rotatable bonds is 6. The van der Waals surface area contributed by atoms with E-state index in [1.807, 2.05) is 24.5 Å². The van der Waals surface area contributed by atoms with Crippen LogP contribution in [0.4, 0.5) is 0 Å². The first-order valence-electron chi connectivity index (χ1n) is 6.50. The summed E-state index contributed by atoms with van der Waals surface area (Å²) in [5.74, 6) is 3.00. The first kappa shape index (κ1) is 12.9. The molecule has 4 nitrogen and oxygen atoms in total. The minimum atomic E-state index is 0.470. The van der Waals surface area contributed by atoms with E-state index in [4.69, 9.17) is 4.42 Å². The van der Waals surface area contributed by atoms with Crippen molar-refractivity contribution >= 4 is 0 Å². The molecule has 0 fully saturated rings. The van der Waals surface area contributed by atoms with E-state index in [0.29, 0.717) is 6.04 Å². The summed E-state index contributed by atoms with van der Waals surface area (Å²) in [7, 11) is 0. The molecule has 2 aromatic rings. The van der Waals surface area contributed by atoms with Gasteiger partial charge in [0.2, 0.25) is 0 Å². The van der Waals surface area contributed by atoms with Crippen molar-refractivity contribution in [2.24, 2.45) is 0 Å². The fourth-order valence-corrected chi connectivity index (χ4v) is 1.87. The van der Waals surface area contributed by atoms with E-state index in [1.165, 1.54) is 0 Å². The fourth-order valence-electron chi connectivity index (χ4n) is 1.87. The second kappa shape index (κ2) is 5.87. The fraction of sp³-hybridized carbons (Fsp3) is 0.500. The zero-order valence-electron chi connectivity index (χ0n) is 11.3. The molecule has 0 saturated carbocycles. The average Bonchev–Trinajstić information content (AvgIpc) is 2.96. The van der Waals surface area contributed by atoms with Gasteiger partial charge in [0.15, 0.2) is 0 Å². The van der Waals surface area contributed by atoms with Crippen LogP contribution in [0.3, 0.4) is 0 Å². The van der Waals surface area contributed by atoms with Crippen LogP contribution in [0.15, 0.2) is 28.9 Å². The standard InChI is InChI=1S/C14H21N3O/c1-4-17-8-7-15-14(17)9-12-5-6-13(18-12)10-16-11(2)3/h5-8,11,16H,4,9-10H2,1-3H3. The number of aryl methyl sites for hydroxylation is 1. The minimum absolute atomic E-state index is 0.470. The Morgan fingerprint density at radius 2 is 2.11 bits per heavy atom. The van der Waals surface area contributed by atoms with Crippen molar-refractivity contribution in [1.82, 2.24) is 14.9 Å². The monoisotopic (exact) mass is 247 g/mol. The van der Waals surface area contributed by atoms with Crippen LogP contribution in [-0.2, 0) is 19.5 Å². The molecule has 0 aliphatic heterocycles. The van der Waals surface area contributed by atoms with E-state index in [-0.39, 0.29) is 0 Å². The van der Waals surface area contributed by atoms with Gasteiger partial charge in [-0.2, -0.15) is 0 Å². The second-order valence-corrected chi connectivity index (χ2v) is 4.71. The Balaban J connectivity index is 1.98. The normalized spacial score (nSPS) is 11.3. The smallest absolute Gasteiger partial charge is 0.117 e. The van der Waals surface area contributed by atoms with Crippen LogP contribution in [0, 0.1) is 0 Å². The Bertz CT molecular complexity index is 485. The van der Waals surface area contributed by atoms with Gasteiger partial charge in [0.05, 0.1) is 13.0 Å². The molecule has 0 amide bonds. The van der Waals surface area contributed by atoms with Crippen LogP contribution in [0.25, 0.3) is 0 Å². The SMILES string of the molecule is CCn1ccnc1Cc1ccc(CNC(C)C)o1. The van der Waals surface area contributed by atoms with Gasteiger partial charge in [-0.25, -0.2) is 4.98 Å². The molecule has 0 saturated heterocycles. The molecule has 2 rings (SSSR count). The van der Waals surface area contributed by atoms with Gasteiger partial charge in [-0.05, 0) is 19.1 Å². The van der Waals surface area contributed by atoms with Gasteiger partial charge in [-0.3, -0.25) is 0 Å². The average molecular weight is 247 g/mol. The number of imidazole rings is 1. The van der Waals surface area contributed by atoms with E-state index in [2.05, 4.69) is 35.6 Å². The highest BCUT2D eigenvalue weighted by molar-refractivity contribution is 5.12. The first-order chi connectivity index (χ1) is 8.69. The number of hydrogen-bond acceptors (Lipinski definition) is 3. The highest BCUT2D eigenvalue weighted by Gasteiger charge is 2.07. The second-order valence-electron chi connectivity index (χ2n) is 4.71. The Morgan fingerprint density at radius 3 is 2.83 bits per heavy atom. The summed E-state index contributed by atoms with van der Waals surface area (Å²) in [6.07, 6.45) is 4.59. The van der Waals surface area contributed by atoms with E-state index in [0.717, 1.165) is 36.9 Å². The molecule has 18 heavy (non-hydrogen) atoms. The molecule has 1 N–H and O–H groups in total. The van der Waals surface area contributed by atoms with Crippen LogP contribution >= 0.6 is 0 Å². The van der Waals surface area contributed by atoms with Crippen LogP contribution in [-0.4, -0.2) is 15.6 Å². The van der Waals surface area contributed by atoms with E-state index in [1.54, 1.807) is 0 Å². The summed E-state index contributed by atoms with van der Waals surface area (Å²) in [5.41, 5.74) is 0. The first-order valence-corrected chi connectivity index (χ1v) is 6.50. The molecular weight excluding hydrogens is 226 g/mol. The molecule has 0 bridgehead atoms. The third kappa shape index (κ3) is 3.23. The predicted molar refractivity (Wildman–Crippen MR) is 71.4 cm³/mol. The largest absolute Gasteiger partial charge is 0.464 e. The maximum absolute atomic E-state index is 5.79. The van der Waals surface area contributed by atoms with Crippen molar-refractivity contribution in [3.8, 4) is 0 Å². The number of furan rings is 1. The van der Waals surface area contributed by atoms with E-state index >= 15 is 0 Å². The lowest BCUT2D eigenvalue weighted by Gasteiger charge is -2.05. The Labute approximate surface area is 108 Å². The zero-order chi connectivity index (χ0) is 13.0. The maximum atomic E-state index is 5.79. The molecule has 0 unspecified atom stereocenters. The third-order valence-electron chi connectivity index (χ3n) is 2.88. The van der Waals surface area contributed by atoms with Crippen molar-refractivity contribution in [2.45, 2.75) is 46.3 Å². The zero-order valence-corrected chi connectivity index (χ0v) is 11.3. The molecule has 4 heteroatoms. The molecule has 0 atom stereocenters. The van der Waals surface area contributed by atoms with Crippen LogP contribution in [0.5, 0.6) is 0 Å². The van der Waals surface area contributed by atoms with Crippen LogP contribution in [0.1, 0.15) is 38.1 Å². The lowest BCUT2D eigenvalue weighted by Crippen LogP contribution is -2.21. The number of nitrogens with zero attached hydrogens (tertiary/aromatic N) is 2. The maximum Gasteiger partial charge on any atom is 0.117 e. The molecule has 0 aromatic carbocycles. The van der Waals surface area contributed by atoms with Crippen molar-refractivity contribution in [3.63, 3.8) is 0 Å². The van der Waals surface area contributed by atoms with Crippen molar-refractivity contribution in [1.29, 1.82) is 0 Å². The molecule has 0 aliphatic carbocycles. The molecule has 0 aliphatic rings. The summed E-state index contributed by atoms with van der Waals surface area (Å²) in [4.78, 5) is 4.35. The summed E-state index contributed by atoms with van der Waals surface area (Å²) in [6, 6.07) is 4.54. The Kier molecular flexibility index (Phi) is 4.20. The highest BCUT2D eigenvalue weighted by atomic mass is 16.3. The molecule has 2 aromatic heterocycles. The predicted octanol–water partition coefficient (Wildman–Crippen LogP) is 2.58. The van der Waals surface area contributed by atoms with Crippen molar-refractivity contribution < 1.29 is 4.42 Å². The third-order valence-corrected chi connectivity index (χ3v) is 2.88. The van der Waals surface area contributed by atoms with E-state index < -0.39 is 0 Å². The van der Waals surface area contributed by atoms with Gasteiger partial charge in [-0.15, -0.1) is 0 Å². The minimum Gasteiger partial charge on any atom is -0.464 e. The van der Waals surface area contributed by atoms with E-state index in [9.17, 15) is 0 Å². The van der Waals surface area contributed by atoms with Crippen LogP contribution in [0.2, 0.25) is 0 Å². The highest BCUT2D eigenvalue weighted by Crippen LogP contribution is 2.12. The quantitative estimate of drug-likeness (QED) is 0.853. The van der Waals surface area contributed by atoms with Gasteiger partial charge in [0.25, 0.3) is 0 Å². The molecule has 98 valence electrons.